The topological polar surface area (TPSA) is 0 Å². The van der Waals surface area contributed by atoms with Gasteiger partial charge in [-0.1, -0.05) is 58.0 Å². The Balaban J connectivity index is 6.08. The molecule has 0 fully saturated rings. The molecule has 0 atom stereocenters. The monoisotopic (exact) mass is 418 g/mol. The average molecular weight is 420 g/mol. The van der Waals surface area contributed by atoms with Crippen LogP contribution in [0, 0.1) is 0 Å². The molecular formula is C6Cl5F9. The van der Waals surface area contributed by atoms with E-state index in [1.165, 1.54) is 0 Å². The highest BCUT2D eigenvalue weighted by Gasteiger charge is 2.87. The standard InChI is InChI=1S/C6Cl5F9/c7-1(8,5(9,10)11)2(12,13)3(14,15)4(16,17)6(18,19)20. The fourth-order valence-electron chi connectivity index (χ4n) is 0.750. The van der Waals surface area contributed by atoms with E-state index >= 15 is 0 Å². The van der Waals surface area contributed by atoms with Crippen molar-refractivity contribution < 1.29 is 39.5 Å². The predicted octanol–water partition coefficient (Wildman–Crippen LogP) is 6.00. The van der Waals surface area contributed by atoms with Crippen molar-refractivity contribution in [3.8, 4) is 0 Å². The van der Waals surface area contributed by atoms with E-state index in [0.717, 1.165) is 0 Å². The average Bonchev–Trinajstić information content (AvgIpc) is 2.12. The molecule has 0 bridgehead atoms. The van der Waals surface area contributed by atoms with Crippen molar-refractivity contribution in [3.05, 3.63) is 0 Å². The maximum Gasteiger partial charge on any atom is 0.460 e. The van der Waals surface area contributed by atoms with Crippen molar-refractivity contribution in [2.45, 2.75) is 32.1 Å². The Morgan fingerprint density at radius 3 is 0.950 bits per heavy atom. The molecule has 0 heterocycles. The summed E-state index contributed by atoms with van der Waals surface area (Å²) in [7, 11) is 0. The highest BCUT2D eigenvalue weighted by atomic mass is 35.6. The first-order valence-corrected chi connectivity index (χ1v) is 5.79. The molecule has 0 unspecified atom stereocenters. The van der Waals surface area contributed by atoms with Gasteiger partial charge in [0, 0.05) is 0 Å². The van der Waals surface area contributed by atoms with Crippen LogP contribution in [0.5, 0.6) is 0 Å². The van der Waals surface area contributed by atoms with Crippen LogP contribution >= 0.6 is 58.0 Å². The molecule has 0 aliphatic heterocycles. The summed E-state index contributed by atoms with van der Waals surface area (Å²) in [5.74, 6) is -20.7. The van der Waals surface area contributed by atoms with Crippen LogP contribution in [-0.4, -0.2) is 32.1 Å². The van der Waals surface area contributed by atoms with Gasteiger partial charge >= 0.3 is 23.9 Å². The van der Waals surface area contributed by atoms with Gasteiger partial charge in [-0.3, -0.25) is 0 Å². The SMILES string of the molecule is FC(F)(F)C(F)(F)C(F)(F)C(F)(F)C(Cl)(Cl)C(Cl)(Cl)Cl. The molecule has 0 aromatic heterocycles. The van der Waals surface area contributed by atoms with E-state index in [0.29, 0.717) is 0 Å². The molecule has 14 heteroatoms. The second kappa shape index (κ2) is 5.18. The van der Waals surface area contributed by atoms with Gasteiger partial charge in [0.1, 0.15) is 0 Å². The molecule has 0 aromatic carbocycles. The minimum atomic E-state index is -7.19. The van der Waals surface area contributed by atoms with E-state index in [1.54, 1.807) is 0 Å². The molecule has 0 saturated heterocycles. The van der Waals surface area contributed by atoms with Gasteiger partial charge in [-0.15, -0.1) is 0 Å². The van der Waals surface area contributed by atoms with Gasteiger partial charge in [-0.25, -0.2) is 0 Å². The van der Waals surface area contributed by atoms with Gasteiger partial charge in [0.05, 0.1) is 0 Å². The summed E-state index contributed by atoms with van der Waals surface area (Å²) >= 11 is 23.3. The summed E-state index contributed by atoms with van der Waals surface area (Å²) in [6, 6.07) is 0. The van der Waals surface area contributed by atoms with Crippen molar-refractivity contribution in [1.29, 1.82) is 0 Å². The van der Waals surface area contributed by atoms with E-state index in [9.17, 15) is 39.5 Å². The third-order valence-corrected chi connectivity index (χ3v) is 4.37. The Morgan fingerprint density at radius 2 is 0.750 bits per heavy atom. The highest BCUT2D eigenvalue weighted by Crippen LogP contribution is 2.63. The lowest BCUT2D eigenvalue weighted by Gasteiger charge is -2.41. The first-order chi connectivity index (χ1) is 8.25. The molecule has 0 aromatic rings. The number of hydrogen-bond acceptors (Lipinski definition) is 0. The van der Waals surface area contributed by atoms with Crippen molar-refractivity contribution in [2.75, 3.05) is 0 Å². The number of rotatable bonds is 3. The van der Waals surface area contributed by atoms with Crippen molar-refractivity contribution >= 4 is 58.0 Å². The van der Waals surface area contributed by atoms with Gasteiger partial charge < -0.3 is 0 Å². The first-order valence-electron chi connectivity index (χ1n) is 3.90. The Bertz CT molecular complexity index is 332. The number of halogens is 14. The Morgan fingerprint density at radius 1 is 0.450 bits per heavy atom. The Labute approximate surface area is 130 Å². The number of alkyl halides is 14. The third-order valence-electron chi connectivity index (χ3n) is 1.90. The van der Waals surface area contributed by atoms with Crippen LogP contribution in [-0.2, 0) is 0 Å². The van der Waals surface area contributed by atoms with Gasteiger partial charge in [0.25, 0.3) is 0 Å². The number of hydrogen-bond donors (Lipinski definition) is 0. The minimum absolute atomic E-state index is 3.70. The van der Waals surface area contributed by atoms with Crippen molar-refractivity contribution in [3.63, 3.8) is 0 Å². The Kier molecular flexibility index (Phi) is 5.39. The summed E-state index contributed by atoms with van der Waals surface area (Å²) in [5.41, 5.74) is 0. The molecule has 0 amide bonds. The first kappa shape index (κ1) is 20.8. The van der Waals surface area contributed by atoms with Gasteiger partial charge in [0.15, 0.2) is 0 Å². The van der Waals surface area contributed by atoms with Crippen LogP contribution < -0.4 is 0 Å². The summed E-state index contributed by atoms with van der Waals surface area (Å²) in [6.07, 6.45) is -7.03. The zero-order valence-corrected chi connectivity index (χ0v) is 12.1. The molecule has 0 aliphatic rings. The molecule has 0 nitrogen and oxygen atoms in total. The van der Waals surface area contributed by atoms with Crippen LogP contribution in [0.4, 0.5) is 39.5 Å². The minimum Gasteiger partial charge on any atom is -0.196 e. The fraction of sp³-hybridized carbons (Fsp3) is 1.00. The lowest BCUT2D eigenvalue weighted by Crippen LogP contribution is -2.68. The lowest BCUT2D eigenvalue weighted by molar-refractivity contribution is -0.397. The third kappa shape index (κ3) is 2.85. The molecular weight excluding hydrogens is 420 g/mol. The summed E-state index contributed by atoms with van der Waals surface area (Å²) in [6.45, 7) is 0. The van der Waals surface area contributed by atoms with E-state index in [2.05, 4.69) is 23.2 Å². The van der Waals surface area contributed by atoms with E-state index < -0.39 is 32.1 Å². The van der Waals surface area contributed by atoms with Crippen LogP contribution in [0.25, 0.3) is 0 Å². The molecule has 122 valence electrons. The van der Waals surface area contributed by atoms with Crippen molar-refractivity contribution in [2.24, 2.45) is 0 Å². The molecule has 0 saturated carbocycles. The lowest BCUT2D eigenvalue weighted by atomic mass is 10.0. The molecule has 0 N–H and O–H groups in total. The van der Waals surface area contributed by atoms with Crippen LogP contribution in [0.15, 0.2) is 0 Å². The quantitative estimate of drug-likeness (QED) is 0.388. The second-order valence-corrected chi connectivity index (χ2v) is 6.90. The van der Waals surface area contributed by atoms with Gasteiger partial charge in [-0.05, 0) is 0 Å². The zero-order chi connectivity index (χ0) is 17.0. The summed E-state index contributed by atoms with van der Waals surface area (Å²) in [5, 5.41) is 0. The van der Waals surface area contributed by atoms with E-state index in [1.807, 2.05) is 0 Å². The molecule has 20 heavy (non-hydrogen) atoms. The molecule has 0 radical (unpaired) electrons. The van der Waals surface area contributed by atoms with Crippen LogP contribution in [0.1, 0.15) is 0 Å². The van der Waals surface area contributed by atoms with Gasteiger partial charge in [0.2, 0.25) is 8.13 Å². The zero-order valence-electron chi connectivity index (χ0n) is 8.29. The van der Waals surface area contributed by atoms with Crippen LogP contribution in [0.2, 0.25) is 0 Å². The molecule has 0 aliphatic carbocycles. The predicted molar refractivity (Wildman–Crippen MR) is 55.6 cm³/mol. The normalized spacial score (nSPS) is 16.5. The fourth-order valence-corrected chi connectivity index (χ4v) is 1.34. The van der Waals surface area contributed by atoms with E-state index in [4.69, 9.17) is 34.8 Å². The summed E-state index contributed by atoms with van der Waals surface area (Å²) in [4.78, 5) is 0. The largest absolute Gasteiger partial charge is 0.460 e. The second-order valence-electron chi connectivity index (χ2n) is 3.29. The maximum absolute atomic E-state index is 13.3. The smallest absolute Gasteiger partial charge is 0.196 e. The van der Waals surface area contributed by atoms with Gasteiger partial charge in [-0.2, -0.15) is 39.5 Å². The highest BCUT2D eigenvalue weighted by molar-refractivity contribution is 6.75. The maximum atomic E-state index is 13.3. The van der Waals surface area contributed by atoms with Crippen LogP contribution in [0.3, 0.4) is 0 Å². The van der Waals surface area contributed by atoms with E-state index in [-0.39, 0.29) is 0 Å². The van der Waals surface area contributed by atoms with Crippen molar-refractivity contribution in [1.82, 2.24) is 0 Å². The Hall–Kier alpha value is 0.820. The summed E-state index contributed by atoms with van der Waals surface area (Å²) < 4.78 is 105. The molecule has 0 rings (SSSR count). The molecule has 0 spiro atoms.